The monoisotopic (exact) mass is 340 g/mol. The minimum Gasteiger partial charge on any atom is -0.497 e. The second-order valence-electron chi connectivity index (χ2n) is 7.00. The number of hydrogen-bond donors (Lipinski definition) is 0. The fraction of sp³-hybridized carbons (Fsp3) is 0.167. The van der Waals surface area contributed by atoms with Crippen LogP contribution in [0.1, 0.15) is 34.7 Å². The fourth-order valence-electron chi connectivity index (χ4n) is 4.34. The molecule has 0 spiro atoms. The molecule has 1 heterocycles. The first-order chi connectivity index (χ1) is 12.7. The molecular formula is C24H20O2. The van der Waals surface area contributed by atoms with Crippen molar-refractivity contribution in [3.05, 3.63) is 101 Å². The minimum absolute atomic E-state index is 0.416. The maximum Gasteiger partial charge on any atom is 0.118 e. The van der Waals surface area contributed by atoms with E-state index in [1.165, 1.54) is 39.0 Å². The van der Waals surface area contributed by atoms with Gasteiger partial charge in [0.25, 0.3) is 0 Å². The zero-order valence-electron chi connectivity index (χ0n) is 15.0. The average Bonchev–Trinajstić information content (AvgIpc) is 2.98. The van der Waals surface area contributed by atoms with Crippen molar-refractivity contribution in [1.82, 2.24) is 0 Å². The predicted molar refractivity (Wildman–Crippen MR) is 104 cm³/mol. The van der Waals surface area contributed by atoms with Gasteiger partial charge >= 0.3 is 0 Å². The first kappa shape index (κ1) is 15.4. The number of methoxy groups -OCH3 is 1. The second kappa shape index (κ2) is 5.58. The molecule has 2 nitrogen and oxygen atoms in total. The van der Waals surface area contributed by atoms with Crippen LogP contribution in [0.4, 0.5) is 0 Å². The molecule has 0 bridgehead atoms. The van der Waals surface area contributed by atoms with E-state index in [0.29, 0.717) is 6.61 Å². The van der Waals surface area contributed by atoms with E-state index in [4.69, 9.17) is 9.47 Å². The SMILES string of the molecule is COc1ccc(C2=C3c4ccccc4CO[C@]3(C)c3ccccc32)cc1. The number of benzene rings is 3. The largest absolute Gasteiger partial charge is 0.497 e. The Morgan fingerprint density at radius 2 is 1.54 bits per heavy atom. The lowest BCUT2D eigenvalue weighted by Gasteiger charge is -2.35. The van der Waals surface area contributed by atoms with Crippen molar-refractivity contribution < 1.29 is 9.47 Å². The first-order valence-electron chi connectivity index (χ1n) is 8.93. The summed E-state index contributed by atoms with van der Waals surface area (Å²) in [4.78, 5) is 0. The highest BCUT2D eigenvalue weighted by Crippen LogP contribution is 2.56. The summed E-state index contributed by atoms with van der Waals surface area (Å²) in [5.41, 5.74) is 8.35. The van der Waals surface area contributed by atoms with Gasteiger partial charge in [0.1, 0.15) is 11.4 Å². The van der Waals surface area contributed by atoms with Gasteiger partial charge in [-0.25, -0.2) is 0 Å². The fourth-order valence-corrected chi connectivity index (χ4v) is 4.34. The maximum atomic E-state index is 6.46. The highest BCUT2D eigenvalue weighted by Gasteiger charge is 2.46. The van der Waals surface area contributed by atoms with Gasteiger partial charge in [0.05, 0.1) is 13.7 Å². The molecule has 3 aromatic rings. The molecule has 1 aliphatic heterocycles. The number of ether oxygens (including phenoxy) is 2. The number of rotatable bonds is 2. The van der Waals surface area contributed by atoms with E-state index >= 15 is 0 Å². The highest BCUT2D eigenvalue weighted by atomic mass is 16.5. The Morgan fingerprint density at radius 3 is 2.31 bits per heavy atom. The van der Waals surface area contributed by atoms with Gasteiger partial charge in [0.15, 0.2) is 0 Å². The third-order valence-corrected chi connectivity index (χ3v) is 5.62. The smallest absolute Gasteiger partial charge is 0.118 e. The molecule has 2 heteroatoms. The summed E-state index contributed by atoms with van der Waals surface area (Å²) in [6.45, 7) is 2.84. The van der Waals surface area contributed by atoms with Gasteiger partial charge in [0.2, 0.25) is 0 Å². The molecule has 0 N–H and O–H groups in total. The van der Waals surface area contributed by atoms with Gasteiger partial charge in [-0.1, -0.05) is 60.7 Å². The Labute approximate surface area is 153 Å². The molecule has 2 aliphatic rings. The molecule has 5 rings (SSSR count). The molecular weight excluding hydrogens is 320 g/mol. The van der Waals surface area contributed by atoms with Crippen LogP contribution in [-0.2, 0) is 16.9 Å². The number of hydrogen-bond acceptors (Lipinski definition) is 2. The summed E-state index contributed by atoms with van der Waals surface area (Å²) in [6, 6.07) is 25.5. The van der Waals surface area contributed by atoms with Gasteiger partial charge in [-0.05, 0) is 52.4 Å². The van der Waals surface area contributed by atoms with Gasteiger partial charge in [-0.15, -0.1) is 0 Å². The number of fused-ring (bicyclic) bond motifs is 5. The van der Waals surface area contributed by atoms with E-state index in [1.807, 2.05) is 12.1 Å². The minimum atomic E-state index is -0.416. The van der Waals surface area contributed by atoms with Gasteiger partial charge in [0, 0.05) is 5.57 Å². The lowest BCUT2D eigenvalue weighted by atomic mass is 9.82. The Morgan fingerprint density at radius 1 is 0.846 bits per heavy atom. The van der Waals surface area contributed by atoms with Crippen molar-refractivity contribution >= 4 is 11.1 Å². The second-order valence-corrected chi connectivity index (χ2v) is 7.00. The molecule has 128 valence electrons. The van der Waals surface area contributed by atoms with Crippen molar-refractivity contribution in [3.63, 3.8) is 0 Å². The van der Waals surface area contributed by atoms with Crippen LogP contribution in [0.3, 0.4) is 0 Å². The molecule has 0 saturated heterocycles. The van der Waals surface area contributed by atoms with Crippen molar-refractivity contribution in [3.8, 4) is 5.75 Å². The van der Waals surface area contributed by atoms with E-state index < -0.39 is 5.60 Å². The summed E-state index contributed by atoms with van der Waals surface area (Å²) < 4.78 is 11.8. The van der Waals surface area contributed by atoms with Crippen LogP contribution < -0.4 is 4.74 Å². The average molecular weight is 340 g/mol. The normalized spacial score (nSPS) is 20.4. The van der Waals surface area contributed by atoms with Gasteiger partial charge in [-0.3, -0.25) is 0 Å². The summed E-state index contributed by atoms with van der Waals surface area (Å²) in [5, 5.41) is 0. The standard InChI is InChI=1S/C24H20O2/c1-24-21-10-6-5-9-20(21)22(16-11-13-18(25-2)14-12-16)23(24)19-8-4-3-7-17(19)15-26-24/h3-14H,15H2,1-2H3/t24-/m1/s1. The molecule has 0 fully saturated rings. The van der Waals surface area contributed by atoms with E-state index in [1.54, 1.807) is 7.11 Å². The molecule has 0 aromatic heterocycles. The lowest BCUT2D eigenvalue weighted by molar-refractivity contribution is -0.00723. The third kappa shape index (κ3) is 2.03. The molecule has 1 atom stereocenters. The van der Waals surface area contributed by atoms with Gasteiger partial charge < -0.3 is 9.47 Å². The zero-order chi connectivity index (χ0) is 17.7. The predicted octanol–water partition coefficient (Wildman–Crippen LogP) is 5.41. The van der Waals surface area contributed by atoms with Crippen molar-refractivity contribution in [1.29, 1.82) is 0 Å². The van der Waals surface area contributed by atoms with E-state index in [0.717, 1.165) is 5.75 Å². The maximum absolute atomic E-state index is 6.46. The Kier molecular flexibility index (Phi) is 3.31. The topological polar surface area (TPSA) is 18.5 Å². The quantitative estimate of drug-likeness (QED) is 0.621. The Hall–Kier alpha value is -2.84. The first-order valence-corrected chi connectivity index (χ1v) is 8.93. The van der Waals surface area contributed by atoms with Crippen LogP contribution >= 0.6 is 0 Å². The third-order valence-electron chi connectivity index (χ3n) is 5.62. The van der Waals surface area contributed by atoms with E-state index in [-0.39, 0.29) is 0 Å². The molecule has 0 unspecified atom stereocenters. The van der Waals surface area contributed by atoms with Gasteiger partial charge in [-0.2, -0.15) is 0 Å². The van der Waals surface area contributed by atoms with Crippen LogP contribution in [0, 0.1) is 0 Å². The lowest BCUT2D eigenvalue weighted by Crippen LogP contribution is -2.29. The molecule has 0 saturated carbocycles. The molecule has 26 heavy (non-hydrogen) atoms. The molecule has 0 radical (unpaired) electrons. The summed E-state index contributed by atoms with van der Waals surface area (Å²) in [6.07, 6.45) is 0. The van der Waals surface area contributed by atoms with Crippen molar-refractivity contribution in [2.45, 2.75) is 19.1 Å². The molecule has 3 aromatic carbocycles. The van der Waals surface area contributed by atoms with Crippen LogP contribution in [0.25, 0.3) is 11.1 Å². The zero-order valence-corrected chi connectivity index (χ0v) is 15.0. The Balaban J connectivity index is 1.84. The van der Waals surface area contributed by atoms with Crippen LogP contribution in [0.5, 0.6) is 5.75 Å². The van der Waals surface area contributed by atoms with E-state index in [9.17, 15) is 0 Å². The van der Waals surface area contributed by atoms with Crippen LogP contribution in [0.15, 0.2) is 72.8 Å². The van der Waals surface area contributed by atoms with Crippen molar-refractivity contribution in [2.75, 3.05) is 7.11 Å². The summed E-state index contributed by atoms with van der Waals surface area (Å²) in [7, 11) is 1.70. The van der Waals surface area contributed by atoms with Crippen molar-refractivity contribution in [2.24, 2.45) is 0 Å². The van der Waals surface area contributed by atoms with Crippen LogP contribution in [0.2, 0.25) is 0 Å². The Bertz CT molecular complexity index is 1030. The molecule has 0 amide bonds. The summed E-state index contributed by atoms with van der Waals surface area (Å²) >= 11 is 0. The summed E-state index contributed by atoms with van der Waals surface area (Å²) in [5.74, 6) is 0.869. The highest BCUT2D eigenvalue weighted by molar-refractivity contribution is 6.07. The van der Waals surface area contributed by atoms with E-state index in [2.05, 4.69) is 67.6 Å². The molecule has 1 aliphatic carbocycles. The van der Waals surface area contributed by atoms with Crippen LogP contribution in [-0.4, -0.2) is 7.11 Å².